The standard InChI is InChI=1S/C6H11N3/c1-3-6-4-5(2)9(7)8-6/h4H,3,7H2,1-2H3. The van der Waals surface area contributed by atoms with E-state index >= 15 is 0 Å². The van der Waals surface area contributed by atoms with Gasteiger partial charge in [-0.3, -0.25) is 0 Å². The van der Waals surface area contributed by atoms with Gasteiger partial charge in [-0.2, -0.15) is 9.89 Å². The van der Waals surface area contributed by atoms with Gasteiger partial charge in [0.05, 0.1) is 11.4 Å². The van der Waals surface area contributed by atoms with Crippen molar-refractivity contribution in [1.82, 2.24) is 9.89 Å². The molecule has 3 heteroatoms. The Morgan fingerprint density at radius 1 is 1.78 bits per heavy atom. The molecule has 1 aromatic heterocycles. The summed E-state index contributed by atoms with van der Waals surface area (Å²) in [6.45, 7) is 3.99. The Morgan fingerprint density at radius 3 is 2.67 bits per heavy atom. The van der Waals surface area contributed by atoms with E-state index in [1.165, 1.54) is 4.79 Å². The molecule has 50 valence electrons. The lowest BCUT2D eigenvalue weighted by molar-refractivity contribution is 0.777. The van der Waals surface area contributed by atoms with Crippen LogP contribution in [0.3, 0.4) is 0 Å². The van der Waals surface area contributed by atoms with Crippen LogP contribution in [0.4, 0.5) is 0 Å². The number of aromatic nitrogens is 2. The second kappa shape index (κ2) is 2.09. The van der Waals surface area contributed by atoms with Gasteiger partial charge < -0.3 is 5.84 Å². The SMILES string of the molecule is CCc1cc(C)n(N)n1. The summed E-state index contributed by atoms with van der Waals surface area (Å²) in [5.41, 5.74) is 2.06. The first-order valence-electron chi connectivity index (χ1n) is 3.04. The molecule has 0 saturated carbocycles. The predicted octanol–water partition coefficient (Wildman–Crippen LogP) is 0.468. The fraction of sp³-hybridized carbons (Fsp3) is 0.500. The number of nitrogens with two attached hydrogens (primary N) is 1. The Kier molecular flexibility index (Phi) is 1.42. The van der Waals surface area contributed by atoms with E-state index in [1.54, 1.807) is 0 Å². The highest BCUT2D eigenvalue weighted by Crippen LogP contribution is 1.98. The predicted molar refractivity (Wildman–Crippen MR) is 36.5 cm³/mol. The van der Waals surface area contributed by atoms with Crippen molar-refractivity contribution in [1.29, 1.82) is 0 Å². The van der Waals surface area contributed by atoms with E-state index in [0.717, 1.165) is 17.8 Å². The van der Waals surface area contributed by atoms with E-state index in [0.29, 0.717) is 0 Å². The summed E-state index contributed by atoms with van der Waals surface area (Å²) in [7, 11) is 0. The van der Waals surface area contributed by atoms with Crippen LogP contribution in [0.1, 0.15) is 18.3 Å². The van der Waals surface area contributed by atoms with Crippen LogP contribution >= 0.6 is 0 Å². The van der Waals surface area contributed by atoms with Crippen molar-refractivity contribution in [2.75, 3.05) is 5.84 Å². The minimum atomic E-state index is 0.949. The van der Waals surface area contributed by atoms with Crippen molar-refractivity contribution in [3.05, 3.63) is 17.5 Å². The largest absolute Gasteiger partial charge is 0.323 e. The fourth-order valence-electron chi connectivity index (χ4n) is 0.726. The molecule has 0 fully saturated rings. The second-order valence-electron chi connectivity index (χ2n) is 2.08. The molecule has 0 bridgehead atoms. The number of nitrogens with zero attached hydrogens (tertiary/aromatic N) is 2. The zero-order valence-corrected chi connectivity index (χ0v) is 5.76. The molecule has 0 unspecified atom stereocenters. The summed E-state index contributed by atoms with van der Waals surface area (Å²) in [5.74, 6) is 5.42. The molecular weight excluding hydrogens is 114 g/mol. The Hall–Kier alpha value is -0.990. The summed E-state index contributed by atoms with van der Waals surface area (Å²) in [4.78, 5) is 1.40. The van der Waals surface area contributed by atoms with Gasteiger partial charge in [0, 0.05) is 0 Å². The molecule has 0 radical (unpaired) electrons. The molecule has 0 aliphatic heterocycles. The Morgan fingerprint density at radius 2 is 2.44 bits per heavy atom. The fourth-order valence-corrected chi connectivity index (χ4v) is 0.726. The molecule has 1 aromatic rings. The van der Waals surface area contributed by atoms with E-state index in [-0.39, 0.29) is 0 Å². The first kappa shape index (κ1) is 6.13. The van der Waals surface area contributed by atoms with Gasteiger partial charge in [-0.15, -0.1) is 0 Å². The minimum Gasteiger partial charge on any atom is -0.323 e. The highest BCUT2D eigenvalue weighted by molar-refractivity contribution is 5.07. The molecule has 0 aliphatic rings. The van der Waals surface area contributed by atoms with Gasteiger partial charge in [-0.1, -0.05) is 6.92 Å². The van der Waals surface area contributed by atoms with Crippen molar-refractivity contribution in [3.63, 3.8) is 0 Å². The van der Waals surface area contributed by atoms with Crippen LogP contribution in [0.25, 0.3) is 0 Å². The first-order valence-corrected chi connectivity index (χ1v) is 3.04. The molecular formula is C6H11N3. The average molecular weight is 125 g/mol. The lowest BCUT2D eigenvalue weighted by atomic mass is 10.3. The van der Waals surface area contributed by atoms with Crippen LogP contribution in [-0.4, -0.2) is 9.89 Å². The van der Waals surface area contributed by atoms with Gasteiger partial charge in [0.2, 0.25) is 0 Å². The smallest absolute Gasteiger partial charge is 0.0645 e. The maximum absolute atomic E-state index is 5.42. The second-order valence-corrected chi connectivity index (χ2v) is 2.08. The van der Waals surface area contributed by atoms with Crippen molar-refractivity contribution in [3.8, 4) is 0 Å². The number of rotatable bonds is 1. The summed E-state index contributed by atoms with van der Waals surface area (Å²) in [6.07, 6.45) is 0.949. The van der Waals surface area contributed by atoms with Gasteiger partial charge in [0.1, 0.15) is 0 Å². The number of nitrogen functional groups attached to an aromatic ring is 1. The molecule has 0 saturated heterocycles. The average Bonchev–Trinajstić information content (AvgIpc) is 2.13. The van der Waals surface area contributed by atoms with Crippen LogP contribution in [-0.2, 0) is 6.42 Å². The maximum atomic E-state index is 5.42. The third kappa shape index (κ3) is 1.04. The third-order valence-corrected chi connectivity index (χ3v) is 1.34. The van der Waals surface area contributed by atoms with Gasteiger partial charge >= 0.3 is 0 Å². The summed E-state index contributed by atoms with van der Waals surface area (Å²) >= 11 is 0. The van der Waals surface area contributed by atoms with Crippen LogP contribution < -0.4 is 5.84 Å². The maximum Gasteiger partial charge on any atom is 0.0645 e. The summed E-state index contributed by atoms with van der Waals surface area (Å²) < 4.78 is 0. The highest BCUT2D eigenvalue weighted by Gasteiger charge is 1.96. The zero-order chi connectivity index (χ0) is 6.85. The van der Waals surface area contributed by atoms with E-state index in [4.69, 9.17) is 5.84 Å². The van der Waals surface area contributed by atoms with Crippen LogP contribution in [0.2, 0.25) is 0 Å². The van der Waals surface area contributed by atoms with Crippen LogP contribution in [0.15, 0.2) is 6.07 Å². The Bertz CT molecular complexity index is 183. The van der Waals surface area contributed by atoms with Gasteiger partial charge in [-0.25, -0.2) is 0 Å². The molecule has 2 N–H and O–H groups in total. The van der Waals surface area contributed by atoms with Crippen LogP contribution in [0.5, 0.6) is 0 Å². The number of aryl methyl sites for hydroxylation is 2. The lowest BCUT2D eigenvalue weighted by Gasteiger charge is -1.88. The minimum absolute atomic E-state index is 0.949. The van der Waals surface area contributed by atoms with Gasteiger partial charge in [0.25, 0.3) is 0 Å². The van der Waals surface area contributed by atoms with Crippen molar-refractivity contribution in [2.45, 2.75) is 20.3 Å². The first-order chi connectivity index (χ1) is 4.24. The topological polar surface area (TPSA) is 43.8 Å². The molecule has 9 heavy (non-hydrogen) atoms. The molecule has 0 aliphatic carbocycles. The molecule has 0 amide bonds. The number of hydrogen-bond donors (Lipinski definition) is 1. The normalized spacial score (nSPS) is 10.0. The molecule has 0 spiro atoms. The molecule has 0 atom stereocenters. The lowest BCUT2D eigenvalue weighted by Crippen LogP contribution is -2.11. The molecule has 0 aromatic carbocycles. The van der Waals surface area contributed by atoms with E-state index in [1.807, 2.05) is 13.0 Å². The Labute approximate surface area is 54.4 Å². The van der Waals surface area contributed by atoms with Crippen molar-refractivity contribution < 1.29 is 0 Å². The zero-order valence-electron chi connectivity index (χ0n) is 5.76. The molecule has 1 rings (SSSR count). The third-order valence-electron chi connectivity index (χ3n) is 1.34. The Balaban J connectivity index is 2.98. The van der Waals surface area contributed by atoms with Crippen LogP contribution in [0, 0.1) is 6.92 Å². The van der Waals surface area contributed by atoms with E-state index in [9.17, 15) is 0 Å². The van der Waals surface area contributed by atoms with Gasteiger partial charge in [0.15, 0.2) is 0 Å². The van der Waals surface area contributed by atoms with E-state index in [2.05, 4.69) is 12.0 Å². The summed E-state index contributed by atoms with van der Waals surface area (Å²) in [5, 5.41) is 4.02. The van der Waals surface area contributed by atoms with Crippen molar-refractivity contribution in [2.24, 2.45) is 0 Å². The molecule has 1 heterocycles. The van der Waals surface area contributed by atoms with Crippen molar-refractivity contribution >= 4 is 0 Å². The molecule has 3 nitrogen and oxygen atoms in total. The highest BCUT2D eigenvalue weighted by atomic mass is 15.5. The van der Waals surface area contributed by atoms with Gasteiger partial charge in [-0.05, 0) is 19.4 Å². The number of hydrogen-bond acceptors (Lipinski definition) is 2. The monoisotopic (exact) mass is 125 g/mol. The summed E-state index contributed by atoms with van der Waals surface area (Å²) in [6, 6.07) is 1.99. The quantitative estimate of drug-likeness (QED) is 0.554. The van der Waals surface area contributed by atoms with E-state index < -0.39 is 0 Å².